The van der Waals surface area contributed by atoms with E-state index in [0.717, 1.165) is 28.4 Å². The fraction of sp³-hybridized carbons (Fsp3) is 0.0588. The second kappa shape index (κ2) is 9.30. The van der Waals surface area contributed by atoms with Crippen LogP contribution in [0.3, 0.4) is 0 Å². The molecule has 0 saturated carbocycles. The van der Waals surface area contributed by atoms with Gasteiger partial charge in [0, 0.05) is 10.3 Å². The van der Waals surface area contributed by atoms with Gasteiger partial charge in [-0.15, -0.1) is 5.11 Å². The first-order valence-corrected chi connectivity index (χ1v) is 7.79. The number of azo groups is 1. The first-order valence-electron chi connectivity index (χ1n) is 7.05. The number of phenolic OH excluding ortho intramolecular Hbond substituents is 1. The topological polar surface area (TPSA) is 86.5 Å². The number of aryl methyl sites for hydroxylation is 1. The molecule has 25 heavy (non-hydrogen) atoms. The Labute approximate surface area is 170 Å². The average Bonchev–Trinajstić information content (AvgIpc) is 2.60. The smallest absolute Gasteiger partial charge is 0.691 e. The van der Waals surface area contributed by atoms with Crippen molar-refractivity contribution in [3.05, 3.63) is 60.2 Å². The summed E-state index contributed by atoms with van der Waals surface area (Å²) in [6.45, 7) is 1.86. The Kier molecular flexibility index (Phi) is 7.39. The van der Waals surface area contributed by atoms with Crippen LogP contribution in [0, 0.1) is 6.92 Å². The molecule has 0 atom stereocenters. The zero-order chi connectivity index (χ0) is 16.9. The number of phenols is 1. The Bertz CT molecular complexity index is 905. The van der Waals surface area contributed by atoms with Crippen LogP contribution in [0.2, 0.25) is 0 Å². The molecule has 0 unspecified atom stereocenters. The molecule has 0 heterocycles. The maximum absolute atomic E-state index is 10.1. The Morgan fingerprint density at radius 2 is 1.84 bits per heavy atom. The van der Waals surface area contributed by atoms with Crippen LogP contribution in [-0.4, -0.2) is 5.11 Å². The van der Waals surface area contributed by atoms with E-state index in [9.17, 15) is 10.4 Å². The van der Waals surface area contributed by atoms with Crippen LogP contribution in [0.4, 0.5) is 11.4 Å². The van der Waals surface area contributed by atoms with Crippen molar-refractivity contribution in [3.8, 4) is 5.75 Å². The van der Waals surface area contributed by atoms with Gasteiger partial charge in [-0.3, -0.25) is 5.04 Å². The van der Waals surface area contributed by atoms with E-state index in [1.54, 1.807) is 24.3 Å². The minimum atomic E-state index is 0. The van der Waals surface area contributed by atoms with E-state index in [0.29, 0.717) is 16.3 Å². The fourth-order valence-electron chi connectivity index (χ4n) is 2.30. The average molecular weight is 364 g/mol. The molecular weight excluding hydrogens is 351 g/mol. The molecule has 0 aliphatic carbocycles. The molecule has 6 nitrogen and oxygen atoms in total. The molecule has 0 aliphatic heterocycles. The van der Waals surface area contributed by atoms with Gasteiger partial charge in [0.1, 0.15) is 11.4 Å². The molecule has 0 saturated heterocycles. The summed E-state index contributed by atoms with van der Waals surface area (Å²) in [7, 11) is 0. The van der Waals surface area contributed by atoms with Gasteiger partial charge in [-0.05, 0) is 42.1 Å². The van der Waals surface area contributed by atoms with E-state index in [4.69, 9.17) is 0 Å². The largest absolute Gasteiger partial charge is 1.00 e. The minimum absolute atomic E-state index is 0. The molecule has 8 heteroatoms. The molecule has 0 aliphatic rings. The molecule has 0 amide bonds. The second-order valence-corrected chi connectivity index (χ2v) is 5.80. The maximum atomic E-state index is 10.1. The molecule has 3 aromatic carbocycles. The van der Waals surface area contributed by atoms with Crippen molar-refractivity contribution in [2.45, 2.75) is 11.8 Å². The van der Waals surface area contributed by atoms with E-state index in [1.165, 1.54) is 0 Å². The van der Waals surface area contributed by atoms with Crippen LogP contribution >= 0.6 is 12.0 Å². The van der Waals surface area contributed by atoms with Crippen molar-refractivity contribution in [1.82, 2.24) is 0 Å². The second-order valence-electron chi connectivity index (χ2n) is 5.02. The van der Waals surface area contributed by atoms with Gasteiger partial charge in [0.2, 0.25) is 0 Å². The van der Waals surface area contributed by atoms with Crippen molar-refractivity contribution in [1.29, 1.82) is 0 Å². The van der Waals surface area contributed by atoms with Crippen LogP contribution in [0.25, 0.3) is 10.8 Å². The Hall–Kier alpha value is -1.45. The summed E-state index contributed by atoms with van der Waals surface area (Å²) in [5.41, 5.74) is 1.92. The normalized spacial score (nSPS) is 11.0. The fourth-order valence-corrected chi connectivity index (χ4v) is 2.75. The van der Waals surface area contributed by atoms with E-state index >= 15 is 0 Å². The molecule has 3 aromatic rings. The van der Waals surface area contributed by atoms with Gasteiger partial charge < -0.3 is 10.4 Å². The maximum Gasteiger partial charge on any atom is 1.00 e. The van der Waals surface area contributed by atoms with Gasteiger partial charge in [-0.2, -0.15) is 9.45 Å². The summed E-state index contributed by atoms with van der Waals surface area (Å²) in [6, 6.07) is 16.3. The predicted molar refractivity (Wildman–Crippen MR) is 89.0 cm³/mol. The molecule has 1 N–H and O–H groups in total. The van der Waals surface area contributed by atoms with Crippen LogP contribution in [0.15, 0.2) is 69.7 Å². The van der Waals surface area contributed by atoms with Gasteiger partial charge in [-0.25, -0.2) is 0 Å². The Morgan fingerprint density at radius 1 is 1.04 bits per heavy atom. The summed E-state index contributed by atoms with van der Waals surface area (Å²) in [5, 5.41) is 33.5. The minimum Gasteiger partial charge on any atom is -0.691 e. The number of benzene rings is 3. The summed E-state index contributed by atoms with van der Waals surface area (Å²) >= 11 is 0.815. The van der Waals surface area contributed by atoms with Crippen molar-refractivity contribution >= 4 is 34.2 Å². The standard InChI is InChI=1S/C17H14N2O4S.Na/c1-11-10-13(24-23-22-21)7-8-15(11)18-19-17-14-5-3-2-4-12(14)6-9-16(17)20;/h2-10,20-21H,1H3;/q;+1/p-1. The number of fused-ring (bicyclic) bond motifs is 1. The third kappa shape index (κ3) is 4.80. The summed E-state index contributed by atoms with van der Waals surface area (Å²) in [6.07, 6.45) is 0. The van der Waals surface area contributed by atoms with E-state index in [1.807, 2.05) is 37.3 Å². The number of aromatic hydroxyl groups is 1. The molecule has 0 radical (unpaired) electrons. The van der Waals surface area contributed by atoms with Crippen LogP contribution in [0.5, 0.6) is 5.75 Å². The van der Waals surface area contributed by atoms with Crippen molar-refractivity contribution < 1.29 is 49.3 Å². The number of hydrogen-bond donors (Lipinski definition) is 1. The molecule has 0 fully saturated rings. The summed E-state index contributed by atoms with van der Waals surface area (Å²) < 4.78 is 4.28. The van der Waals surface area contributed by atoms with Gasteiger partial charge in [0.25, 0.3) is 0 Å². The van der Waals surface area contributed by atoms with Crippen LogP contribution < -0.4 is 34.8 Å². The zero-order valence-corrected chi connectivity index (χ0v) is 16.5. The quantitative estimate of drug-likeness (QED) is 0.244. The molecule has 0 bridgehead atoms. The molecule has 0 aromatic heterocycles. The molecule has 0 spiro atoms. The number of rotatable bonds is 5. The molecule has 122 valence electrons. The summed E-state index contributed by atoms with van der Waals surface area (Å²) in [5.74, 6) is 0.0725. The van der Waals surface area contributed by atoms with Gasteiger partial charge in [0.05, 0.1) is 17.7 Å². The van der Waals surface area contributed by atoms with Crippen molar-refractivity contribution in [2.75, 3.05) is 0 Å². The molecule has 3 rings (SSSR count). The number of hydrogen-bond acceptors (Lipinski definition) is 7. The van der Waals surface area contributed by atoms with Crippen molar-refractivity contribution in [3.63, 3.8) is 0 Å². The monoisotopic (exact) mass is 364 g/mol. The first kappa shape index (κ1) is 19.9. The van der Waals surface area contributed by atoms with E-state index in [-0.39, 0.29) is 35.3 Å². The van der Waals surface area contributed by atoms with Crippen LogP contribution in [-0.2, 0) is 9.37 Å². The first-order chi connectivity index (χ1) is 11.7. The Balaban J connectivity index is 0.00000225. The SMILES string of the molecule is Cc1cc(SOO[O-])ccc1N=Nc1c(O)ccc2ccccc12.[Na+]. The van der Waals surface area contributed by atoms with Gasteiger partial charge in [-0.1, -0.05) is 30.3 Å². The summed E-state index contributed by atoms with van der Waals surface area (Å²) in [4.78, 5) is 0.704. The van der Waals surface area contributed by atoms with Gasteiger partial charge in [0.15, 0.2) is 0 Å². The van der Waals surface area contributed by atoms with E-state index < -0.39 is 0 Å². The third-order valence-corrected chi connectivity index (χ3v) is 4.03. The molecular formula is C17H13N2NaO4S. The van der Waals surface area contributed by atoms with E-state index in [2.05, 4.69) is 19.6 Å². The predicted octanol–water partition coefficient (Wildman–Crippen LogP) is 1.50. The zero-order valence-electron chi connectivity index (χ0n) is 13.7. The third-order valence-electron chi connectivity index (χ3n) is 3.46. The number of nitrogens with zero attached hydrogens (tertiary/aromatic N) is 2. The van der Waals surface area contributed by atoms with Crippen LogP contribution in [0.1, 0.15) is 5.56 Å². The van der Waals surface area contributed by atoms with Gasteiger partial charge >= 0.3 is 29.6 Å². The van der Waals surface area contributed by atoms with Crippen molar-refractivity contribution in [2.24, 2.45) is 10.2 Å². The Morgan fingerprint density at radius 3 is 2.60 bits per heavy atom.